The van der Waals surface area contributed by atoms with Crippen LogP contribution < -0.4 is 13.9 Å². The SMILES string of the molecule is CN1c2ccc(NC(=O)c3ccc4nsnc4c3)cc2N(C)S1(=O)=O. The molecule has 0 saturated heterocycles. The lowest BCUT2D eigenvalue weighted by Gasteiger charge is -2.13. The molecule has 1 N–H and O–H groups in total. The Labute approximate surface area is 148 Å². The molecule has 8 nitrogen and oxygen atoms in total. The second kappa shape index (κ2) is 5.39. The van der Waals surface area contributed by atoms with Gasteiger partial charge in [-0.2, -0.15) is 17.2 Å². The lowest BCUT2D eigenvalue weighted by atomic mass is 10.1. The molecule has 1 aliphatic heterocycles. The zero-order valence-electron chi connectivity index (χ0n) is 13.3. The van der Waals surface area contributed by atoms with E-state index in [0.29, 0.717) is 28.1 Å². The Morgan fingerprint density at radius 1 is 1.00 bits per heavy atom. The number of anilines is 3. The first-order chi connectivity index (χ1) is 11.9. The number of hydrogen-bond acceptors (Lipinski definition) is 6. The summed E-state index contributed by atoms with van der Waals surface area (Å²) in [6.07, 6.45) is 0. The smallest absolute Gasteiger partial charge is 0.322 e. The first-order valence-electron chi connectivity index (χ1n) is 7.28. The van der Waals surface area contributed by atoms with Gasteiger partial charge in [-0.3, -0.25) is 13.4 Å². The van der Waals surface area contributed by atoms with E-state index in [9.17, 15) is 13.2 Å². The summed E-state index contributed by atoms with van der Waals surface area (Å²) in [6.45, 7) is 0. The molecule has 0 atom stereocenters. The van der Waals surface area contributed by atoms with E-state index in [1.165, 1.54) is 22.7 Å². The number of fused-ring (bicyclic) bond motifs is 2. The van der Waals surface area contributed by atoms with Crippen LogP contribution in [0.15, 0.2) is 36.4 Å². The predicted molar refractivity (Wildman–Crippen MR) is 97.5 cm³/mol. The van der Waals surface area contributed by atoms with Crippen LogP contribution in [0.5, 0.6) is 0 Å². The van der Waals surface area contributed by atoms with Gasteiger partial charge in [0.05, 0.1) is 23.1 Å². The summed E-state index contributed by atoms with van der Waals surface area (Å²) in [5.41, 5.74) is 3.46. The normalized spacial score (nSPS) is 15.4. The molecule has 0 saturated carbocycles. The standard InChI is InChI=1S/C15H13N5O3S2/c1-19-13-6-4-10(8-14(13)20(2)25(19,22)23)16-15(21)9-3-5-11-12(7-9)18-24-17-11/h3-8H,1-2H3,(H,16,21). The molecule has 4 rings (SSSR count). The average Bonchev–Trinajstić information content (AvgIpc) is 3.13. The van der Waals surface area contributed by atoms with Crippen molar-refractivity contribution in [1.82, 2.24) is 8.75 Å². The third kappa shape index (κ3) is 2.41. The van der Waals surface area contributed by atoms with Gasteiger partial charge in [0.15, 0.2) is 0 Å². The molecule has 3 aromatic rings. The molecular formula is C15H13N5O3S2. The van der Waals surface area contributed by atoms with Gasteiger partial charge in [-0.05, 0) is 36.4 Å². The highest BCUT2D eigenvalue weighted by molar-refractivity contribution is 7.94. The van der Waals surface area contributed by atoms with E-state index in [1.54, 1.807) is 36.4 Å². The first kappa shape index (κ1) is 15.8. The first-order valence-corrected chi connectivity index (χ1v) is 9.41. The van der Waals surface area contributed by atoms with Crippen molar-refractivity contribution in [1.29, 1.82) is 0 Å². The van der Waals surface area contributed by atoms with Gasteiger partial charge in [-0.15, -0.1) is 0 Å². The van der Waals surface area contributed by atoms with Crippen LogP contribution >= 0.6 is 11.7 Å². The van der Waals surface area contributed by atoms with Gasteiger partial charge in [0.1, 0.15) is 11.0 Å². The third-order valence-electron chi connectivity index (χ3n) is 4.12. The quantitative estimate of drug-likeness (QED) is 0.740. The molecular weight excluding hydrogens is 362 g/mol. The predicted octanol–water partition coefficient (Wildman–Crippen LogP) is 2.07. The molecule has 2 aromatic carbocycles. The van der Waals surface area contributed by atoms with Crippen LogP contribution in [0.4, 0.5) is 17.1 Å². The van der Waals surface area contributed by atoms with Gasteiger partial charge >= 0.3 is 10.2 Å². The number of rotatable bonds is 2. The second-order valence-electron chi connectivity index (χ2n) is 5.57. The summed E-state index contributed by atoms with van der Waals surface area (Å²) in [7, 11) is -0.567. The van der Waals surface area contributed by atoms with E-state index in [0.717, 1.165) is 17.2 Å². The Balaban J connectivity index is 1.64. The molecule has 1 aliphatic rings. The number of hydrogen-bond donors (Lipinski definition) is 1. The van der Waals surface area contributed by atoms with E-state index in [2.05, 4.69) is 14.1 Å². The molecule has 0 bridgehead atoms. The Kier molecular flexibility index (Phi) is 3.41. The minimum absolute atomic E-state index is 0.299. The van der Waals surface area contributed by atoms with Crippen molar-refractivity contribution in [3.8, 4) is 0 Å². The summed E-state index contributed by atoms with van der Waals surface area (Å²) in [5.74, 6) is -0.299. The number of amides is 1. The van der Waals surface area contributed by atoms with Gasteiger partial charge in [-0.25, -0.2) is 0 Å². The lowest BCUT2D eigenvalue weighted by Crippen LogP contribution is -2.32. The molecule has 0 spiro atoms. The zero-order chi connectivity index (χ0) is 17.8. The van der Waals surface area contributed by atoms with Crippen molar-refractivity contribution in [3.05, 3.63) is 42.0 Å². The number of nitrogens with zero attached hydrogens (tertiary/aromatic N) is 4. The summed E-state index contributed by atoms with van der Waals surface area (Å²) in [6, 6.07) is 10.1. The number of benzene rings is 2. The maximum absolute atomic E-state index is 12.5. The highest BCUT2D eigenvalue weighted by Gasteiger charge is 2.35. The van der Waals surface area contributed by atoms with Crippen molar-refractivity contribution in [2.75, 3.05) is 28.0 Å². The van der Waals surface area contributed by atoms with E-state index in [4.69, 9.17) is 0 Å². The highest BCUT2D eigenvalue weighted by atomic mass is 32.2. The zero-order valence-corrected chi connectivity index (χ0v) is 14.9. The topological polar surface area (TPSA) is 95.5 Å². The van der Waals surface area contributed by atoms with Gasteiger partial charge < -0.3 is 5.32 Å². The van der Waals surface area contributed by atoms with Gasteiger partial charge in [0, 0.05) is 25.3 Å². The Morgan fingerprint density at radius 2 is 1.72 bits per heavy atom. The van der Waals surface area contributed by atoms with Crippen LogP contribution in [0, 0.1) is 0 Å². The van der Waals surface area contributed by atoms with Gasteiger partial charge in [-0.1, -0.05) is 0 Å². The van der Waals surface area contributed by atoms with Crippen LogP contribution in [0.25, 0.3) is 11.0 Å². The molecule has 10 heteroatoms. The maximum Gasteiger partial charge on any atom is 0.326 e. The molecule has 0 aliphatic carbocycles. The molecule has 0 unspecified atom stereocenters. The minimum Gasteiger partial charge on any atom is -0.322 e. The van der Waals surface area contributed by atoms with Crippen LogP contribution in [0.3, 0.4) is 0 Å². The molecule has 128 valence electrons. The van der Waals surface area contributed by atoms with E-state index in [-0.39, 0.29) is 5.91 Å². The van der Waals surface area contributed by atoms with Crippen LogP contribution in [-0.2, 0) is 10.2 Å². The summed E-state index contributed by atoms with van der Waals surface area (Å²) < 4.78 is 34.9. The molecule has 1 amide bonds. The highest BCUT2D eigenvalue weighted by Crippen LogP contribution is 2.40. The number of carbonyl (C=O) groups is 1. The van der Waals surface area contributed by atoms with Crippen molar-refractivity contribution in [2.45, 2.75) is 0 Å². The largest absolute Gasteiger partial charge is 0.326 e. The average molecular weight is 375 g/mol. The summed E-state index contributed by atoms with van der Waals surface area (Å²) in [4.78, 5) is 12.5. The summed E-state index contributed by atoms with van der Waals surface area (Å²) in [5, 5.41) is 2.78. The van der Waals surface area contributed by atoms with Crippen LogP contribution in [0.1, 0.15) is 10.4 Å². The fourth-order valence-electron chi connectivity index (χ4n) is 2.68. The van der Waals surface area contributed by atoms with Crippen molar-refractivity contribution >= 4 is 55.9 Å². The van der Waals surface area contributed by atoms with E-state index >= 15 is 0 Å². The van der Waals surface area contributed by atoms with Gasteiger partial charge in [0.2, 0.25) is 0 Å². The van der Waals surface area contributed by atoms with Crippen LogP contribution in [0.2, 0.25) is 0 Å². The van der Waals surface area contributed by atoms with E-state index in [1.807, 2.05) is 0 Å². The molecule has 2 heterocycles. The molecule has 25 heavy (non-hydrogen) atoms. The van der Waals surface area contributed by atoms with Crippen LogP contribution in [-0.4, -0.2) is 37.2 Å². The number of aromatic nitrogens is 2. The Morgan fingerprint density at radius 3 is 2.52 bits per heavy atom. The molecule has 0 radical (unpaired) electrons. The fraction of sp³-hybridized carbons (Fsp3) is 0.133. The fourth-order valence-corrected chi connectivity index (χ4v) is 4.36. The minimum atomic E-state index is -3.54. The maximum atomic E-state index is 12.5. The molecule has 1 aromatic heterocycles. The third-order valence-corrected chi connectivity index (χ3v) is 6.45. The van der Waals surface area contributed by atoms with Crippen molar-refractivity contribution in [2.24, 2.45) is 0 Å². The van der Waals surface area contributed by atoms with Crippen molar-refractivity contribution in [3.63, 3.8) is 0 Å². The summed E-state index contributed by atoms with van der Waals surface area (Å²) >= 11 is 1.09. The van der Waals surface area contributed by atoms with E-state index < -0.39 is 10.2 Å². The number of carbonyl (C=O) groups excluding carboxylic acids is 1. The second-order valence-corrected chi connectivity index (χ2v) is 8.09. The molecule has 0 fully saturated rings. The lowest BCUT2D eigenvalue weighted by molar-refractivity contribution is 0.102. The number of nitrogens with one attached hydrogen (secondary N) is 1. The monoisotopic (exact) mass is 375 g/mol. The van der Waals surface area contributed by atoms with Gasteiger partial charge in [0.25, 0.3) is 5.91 Å². The van der Waals surface area contributed by atoms with Crippen molar-refractivity contribution < 1.29 is 13.2 Å². The Bertz CT molecular complexity index is 1110. The Hall–Kier alpha value is -2.72.